The number of hydrogen-bond donors (Lipinski definition) is 2. The normalized spacial score (nSPS) is 13.7. The van der Waals surface area contributed by atoms with E-state index in [1.807, 2.05) is 13.8 Å². The van der Waals surface area contributed by atoms with Crippen LogP contribution in [0.25, 0.3) is 0 Å². The van der Waals surface area contributed by atoms with Gasteiger partial charge in [0.25, 0.3) is 5.91 Å². The van der Waals surface area contributed by atoms with Crippen LogP contribution in [-0.2, 0) is 0 Å². The number of alkyl halides is 3. The minimum absolute atomic E-state index is 0.0568. The average molecular weight is 379 g/mol. The number of hydrogen-bond acceptors (Lipinski definition) is 3. The zero-order valence-electron chi connectivity index (χ0n) is 15.1. The maximum Gasteiger partial charge on any atom is 0.418 e. The van der Waals surface area contributed by atoms with E-state index in [4.69, 9.17) is 0 Å². The van der Waals surface area contributed by atoms with Gasteiger partial charge in [0.05, 0.1) is 12.1 Å². The van der Waals surface area contributed by atoms with E-state index in [-0.39, 0.29) is 11.1 Å². The number of amides is 1. The maximum atomic E-state index is 12.8. The standard InChI is InChI=1S/C20H20F3NO3/c1-12-8-9-14(10-13(12)2)17(25)15-6-4-5-7-16(15)18(26)24-11-19(3,27)20(21,22)23/h4-10,27H,11H2,1-3H3,(H,24,26)/t19-/m0/s1. The van der Waals surface area contributed by atoms with Gasteiger partial charge in [-0.2, -0.15) is 13.2 Å². The van der Waals surface area contributed by atoms with Crippen molar-refractivity contribution in [3.63, 3.8) is 0 Å². The Kier molecular flexibility index (Phi) is 5.75. The second kappa shape index (κ2) is 7.52. The Labute approximate surface area is 155 Å². The quantitative estimate of drug-likeness (QED) is 0.781. The molecule has 27 heavy (non-hydrogen) atoms. The summed E-state index contributed by atoms with van der Waals surface area (Å²) in [5.74, 6) is -1.28. The molecule has 0 bridgehead atoms. The molecule has 0 aromatic heterocycles. The first-order valence-corrected chi connectivity index (χ1v) is 8.22. The zero-order chi connectivity index (χ0) is 20.4. The zero-order valence-corrected chi connectivity index (χ0v) is 15.1. The SMILES string of the molecule is Cc1ccc(C(=O)c2ccccc2C(=O)NC[C@](C)(O)C(F)(F)F)cc1C. The predicted molar refractivity (Wildman–Crippen MR) is 94.8 cm³/mol. The Balaban J connectivity index is 2.28. The first-order chi connectivity index (χ1) is 12.4. The third-order valence-electron chi connectivity index (χ3n) is 4.39. The van der Waals surface area contributed by atoms with Gasteiger partial charge in [-0.1, -0.05) is 30.3 Å². The van der Waals surface area contributed by atoms with Gasteiger partial charge in [0, 0.05) is 11.1 Å². The first-order valence-electron chi connectivity index (χ1n) is 8.22. The molecule has 0 aliphatic heterocycles. The Morgan fingerprint density at radius 3 is 2.15 bits per heavy atom. The highest BCUT2D eigenvalue weighted by molar-refractivity contribution is 6.15. The molecule has 0 saturated carbocycles. The molecule has 2 aromatic carbocycles. The summed E-state index contributed by atoms with van der Waals surface area (Å²) in [6.45, 7) is 3.29. The molecule has 1 amide bonds. The molecule has 0 unspecified atom stereocenters. The molecule has 2 aromatic rings. The molecule has 7 heteroatoms. The number of ketones is 1. The highest BCUT2D eigenvalue weighted by Gasteiger charge is 2.49. The molecule has 0 fully saturated rings. The van der Waals surface area contributed by atoms with Crippen LogP contribution >= 0.6 is 0 Å². The third kappa shape index (κ3) is 4.54. The summed E-state index contributed by atoms with van der Waals surface area (Å²) in [7, 11) is 0. The van der Waals surface area contributed by atoms with Gasteiger partial charge in [0.1, 0.15) is 0 Å². The van der Waals surface area contributed by atoms with Gasteiger partial charge < -0.3 is 10.4 Å². The summed E-state index contributed by atoms with van der Waals surface area (Å²) in [5, 5.41) is 11.5. The minimum atomic E-state index is -4.89. The van der Waals surface area contributed by atoms with Crippen LogP contribution in [0.5, 0.6) is 0 Å². The molecule has 2 N–H and O–H groups in total. The van der Waals surface area contributed by atoms with Crippen LogP contribution < -0.4 is 5.32 Å². The molecular formula is C20H20F3NO3. The summed E-state index contributed by atoms with van der Waals surface area (Å²) >= 11 is 0. The maximum absolute atomic E-state index is 12.8. The van der Waals surface area contributed by atoms with Gasteiger partial charge in [-0.3, -0.25) is 9.59 Å². The summed E-state index contributed by atoms with van der Waals surface area (Å²) in [6.07, 6.45) is -4.89. The van der Waals surface area contributed by atoms with Crippen molar-refractivity contribution in [3.8, 4) is 0 Å². The topological polar surface area (TPSA) is 66.4 Å². The van der Waals surface area contributed by atoms with Crippen LogP contribution in [0.15, 0.2) is 42.5 Å². The molecule has 0 radical (unpaired) electrons. The molecule has 0 aliphatic rings. The highest BCUT2D eigenvalue weighted by Crippen LogP contribution is 2.29. The van der Waals surface area contributed by atoms with Crippen molar-refractivity contribution in [1.29, 1.82) is 0 Å². The van der Waals surface area contributed by atoms with E-state index < -0.39 is 30.0 Å². The van der Waals surface area contributed by atoms with Gasteiger partial charge in [0.2, 0.25) is 0 Å². The second-order valence-electron chi connectivity index (χ2n) is 6.63. The van der Waals surface area contributed by atoms with Crippen molar-refractivity contribution in [2.45, 2.75) is 32.5 Å². The number of aliphatic hydroxyl groups is 1. The molecule has 0 spiro atoms. The fourth-order valence-electron chi connectivity index (χ4n) is 2.37. The van der Waals surface area contributed by atoms with Crippen LogP contribution in [0, 0.1) is 13.8 Å². The lowest BCUT2D eigenvalue weighted by molar-refractivity contribution is -0.249. The van der Waals surface area contributed by atoms with Gasteiger partial charge in [-0.25, -0.2) is 0 Å². The highest BCUT2D eigenvalue weighted by atomic mass is 19.4. The van der Waals surface area contributed by atoms with Gasteiger partial charge in [-0.05, 0) is 44.0 Å². The van der Waals surface area contributed by atoms with Crippen molar-refractivity contribution in [2.24, 2.45) is 0 Å². The number of nitrogens with one attached hydrogen (secondary N) is 1. The number of carbonyl (C=O) groups excluding carboxylic acids is 2. The molecule has 144 valence electrons. The lowest BCUT2D eigenvalue weighted by atomic mass is 9.95. The lowest BCUT2D eigenvalue weighted by Gasteiger charge is -2.26. The molecular weight excluding hydrogens is 359 g/mol. The van der Waals surface area contributed by atoms with E-state index >= 15 is 0 Å². The van der Waals surface area contributed by atoms with Crippen LogP contribution in [0.4, 0.5) is 13.2 Å². The molecule has 4 nitrogen and oxygen atoms in total. The Morgan fingerprint density at radius 2 is 1.59 bits per heavy atom. The number of benzene rings is 2. The Morgan fingerprint density at radius 1 is 1.00 bits per heavy atom. The van der Waals surface area contributed by atoms with Crippen LogP contribution in [-0.4, -0.2) is 35.1 Å². The fourth-order valence-corrected chi connectivity index (χ4v) is 2.37. The van der Waals surface area contributed by atoms with Gasteiger partial charge in [0.15, 0.2) is 11.4 Å². The number of halogens is 3. The van der Waals surface area contributed by atoms with Crippen molar-refractivity contribution in [3.05, 3.63) is 70.3 Å². The Bertz CT molecular complexity index is 873. The van der Waals surface area contributed by atoms with Gasteiger partial charge in [-0.15, -0.1) is 0 Å². The third-order valence-corrected chi connectivity index (χ3v) is 4.39. The molecule has 2 rings (SSSR count). The largest absolute Gasteiger partial charge is 0.418 e. The molecule has 0 saturated heterocycles. The number of carbonyl (C=O) groups is 2. The Hall–Kier alpha value is -2.67. The van der Waals surface area contributed by atoms with E-state index in [1.54, 1.807) is 24.3 Å². The average Bonchev–Trinajstić information content (AvgIpc) is 2.60. The minimum Gasteiger partial charge on any atom is -0.379 e. The first kappa shape index (κ1) is 20.6. The second-order valence-corrected chi connectivity index (χ2v) is 6.63. The van der Waals surface area contributed by atoms with E-state index in [1.165, 1.54) is 18.2 Å². The van der Waals surface area contributed by atoms with Crippen molar-refractivity contribution >= 4 is 11.7 Å². The summed E-state index contributed by atoms with van der Waals surface area (Å²) in [6, 6.07) is 11.0. The van der Waals surface area contributed by atoms with Crippen molar-refractivity contribution < 1.29 is 27.9 Å². The van der Waals surface area contributed by atoms with Crippen molar-refractivity contribution in [1.82, 2.24) is 5.32 Å². The lowest BCUT2D eigenvalue weighted by Crippen LogP contribution is -2.51. The van der Waals surface area contributed by atoms with Crippen LogP contribution in [0.2, 0.25) is 0 Å². The summed E-state index contributed by atoms with van der Waals surface area (Å²) in [4.78, 5) is 25.1. The monoisotopic (exact) mass is 379 g/mol. The van der Waals surface area contributed by atoms with Crippen LogP contribution in [0.3, 0.4) is 0 Å². The molecule has 1 atom stereocenters. The van der Waals surface area contributed by atoms with Crippen molar-refractivity contribution in [2.75, 3.05) is 6.54 Å². The van der Waals surface area contributed by atoms with Crippen LogP contribution in [0.1, 0.15) is 44.3 Å². The van der Waals surface area contributed by atoms with E-state index in [0.29, 0.717) is 12.5 Å². The van der Waals surface area contributed by atoms with E-state index in [9.17, 15) is 27.9 Å². The van der Waals surface area contributed by atoms with E-state index in [0.717, 1.165) is 11.1 Å². The molecule has 0 aliphatic carbocycles. The van der Waals surface area contributed by atoms with E-state index in [2.05, 4.69) is 5.32 Å². The number of aryl methyl sites for hydroxylation is 2. The summed E-state index contributed by atoms with van der Waals surface area (Å²) in [5.41, 5.74) is -0.768. The number of rotatable bonds is 5. The van der Waals surface area contributed by atoms with Gasteiger partial charge >= 0.3 is 6.18 Å². The smallest absolute Gasteiger partial charge is 0.379 e. The molecule has 0 heterocycles. The predicted octanol–water partition coefficient (Wildman–Crippen LogP) is 3.58. The fraction of sp³-hybridized carbons (Fsp3) is 0.300. The summed E-state index contributed by atoms with van der Waals surface area (Å²) < 4.78 is 38.2.